The molecular weight excluding hydrogens is 200 g/mol. The summed E-state index contributed by atoms with van der Waals surface area (Å²) in [6.45, 7) is 6.26. The first kappa shape index (κ1) is 15.9. The summed E-state index contributed by atoms with van der Waals surface area (Å²) in [5, 5.41) is 0. The van der Waals surface area contributed by atoms with Gasteiger partial charge in [0.15, 0.2) is 0 Å². The first-order valence-corrected chi connectivity index (χ1v) is 6.77. The van der Waals surface area contributed by atoms with Gasteiger partial charge in [0.05, 0.1) is 0 Å². The molecule has 2 unspecified atom stereocenters. The molecule has 0 radical (unpaired) electrons. The minimum absolute atomic E-state index is 0.659. The van der Waals surface area contributed by atoms with E-state index in [1.54, 1.807) is 14.2 Å². The Morgan fingerprint density at radius 1 is 0.812 bits per heavy atom. The lowest BCUT2D eigenvalue weighted by Gasteiger charge is -2.25. The van der Waals surface area contributed by atoms with Crippen molar-refractivity contribution in [1.29, 1.82) is 0 Å². The molecule has 0 bridgehead atoms. The Balaban J connectivity index is 3.91. The SMILES string of the molecule is CCCCCCC(COC)C(CC)COC. The number of unbranched alkanes of at least 4 members (excludes halogenated alkanes) is 3. The molecule has 0 aromatic heterocycles. The van der Waals surface area contributed by atoms with Crippen molar-refractivity contribution in [3.8, 4) is 0 Å². The Kier molecular flexibility index (Phi) is 11.3. The van der Waals surface area contributed by atoms with E-state index in [9.17, 15) is 0 Å². The predicted octanol–water partition coefficient (Wildman–Crippen LogP) is 3.89. The van der Waals surface area contributed by atoms with Gasteiger partial charge in [-0.25, -0.2) is 0 Å². The maximum Gasteiger partial charge on any atom is 0.0493 e. The quantitative estimate of drug-likeness (QED) is 0.501. The molecular formula is C14H30O2. The summed E-state index contributed by atoms with van der Waals surface area (Å²) in [5.41, 5.74) is 0. The maximum absolute atomic E-state index is 5.33. The molecule has 0 saturated carbocycles. The summed E-state index contributed by atoms with van der Waals surface area (Å²) in [7, 11) is 3.60. The van der Waals surface area contributed by atoms with Crippen LogP contribution in [0.2, 0.25) is 0 Å². The number of hydrogen-bond acceptors (Lipinski definition) is 2. The highest BCUT2D eigenvalue weighted by Crippen LogP contribution is 2.23. The van der Waals surface area contributed by atoms with E-state index >= 15 is 0 Å². The van der Waals surface area contributed by atoms with Crippen LogP contribution in [0.5, 0.6) is 0 Å². The van der Waals surface area contributed by atoms with Crippen molar-refractivity contribution in [2.24, 2.45) is 11.8 Å². The third kappa shape index (κ3) is 7.24. The van der Waals surface area contributed by atoms with Gasteiger partial charge in [-0.05, 0) is 18.3 Å². The van der Waals surface area contributed by atoms with Gasteiger partial charge in [0, 0.05) is 27.4 Å². The van der Waals surface area contributed by atoms with Gasteiger partial charge < -0.3 is 9.47 Å². The molecule has 98 valence electrons. The Labute approximate surface area is 102 Å². The lowest BCUT2D eigenvalue weighted by Crippen LogP contribution is -2.23. The van der Waals surface area contributed by atoms with Crippen molar-refractivity contribution in [2.75, 3.05) is 27.4 Å². The monoisotopic (exact) mass is 230 g/mol. The van der Waals surface area contributed by atoms with E-state index in [0.29, 0.717) is 11.8 Å². The second kappa shape index (κ2) is 11.4. The molecule has 0 N–H and O–H groups in total. The first-order valence-electron chi connectivity index (χ1n) is 6.77. The van der Waals surface area contributed by atoms with Crippen LogP contribution in [0.4, 0.5) is 0 Å². The number of ether oxygens (including phenoxy) is 2. The van der Waals surface area contributed by atoms with Gasteiger partial charge in [0.1, 0.15) is 0 Å². The molecule has 0 amide bonds. The standard InChI is InChI=1S/C14H30O2/c1-5-7-8-9-10-14(12-16-4)13(6-2)11-15-3/h13-14H,5-12H2,1-4H3. The predicted molar refractivity (Wildman–Crippen MR) is 69.8 cm³/mol. The highest BCUT2D eigenvalue weighted by molar-refractivity contribution is 4.69. The van der Waals surface area contributed by atoms with Crippen molar-refractivity contribution < 1.29 is 9.47 Å². The van der Waals surface area contributed by atoms with Gasteiger partial charge in [0.25, 0.3) is 0 Å². The summed E-state index contributed by atoms with van der Waals surface area (Å²) in [6.07, 6.45) is 7.85. The van der Waals surface area contributed by atoms with E-state index in [1.807, 2.05) is 0 Å². The molecule has 0 spiro atoms. The van der Waals surface area contributed by atoms with E-state index in [4.69, 9.17) is 9.47 Å². The van der Waals surface area contributed by atoms with E-state index < -0.39 is 0 Å². The summed E-state index contributed by atoms with van der Waals surface area (Å²) >= 11 is 0. The van der Waals surface area contributed by atoms with Crippen LogP contribution in [-0.4, -0.2) is 27.4 Å². The second-order valence-electron chi connectivity index (χ2n) is 4.69. The number of rotatable bonds is 11. The van der Waals surface area contributed by atoms with Gasteiger partial charge in [0.2, 0.25) is 0 Å². The third-order valence-corrected chi connectivity index (χ3v) is 3.38. The summed E-state index contributed by atoms with van der Waals surface area (Å²) in [4.78, 5) is 0. The highest BCUT2D eigenvalue weighted by Gasteiger charge is 2.19. The molecule has 0 saturated heterocycles. The van der Waals surface area contributed by atoms with Crippen LogP contribution >= 0.6 is 0 Å². The Bertz CT molecular complexity index is 137. The number of hydrogen-bond donors (Lipinski definition) is 0. The number of methoxy groups -OCH3 is 2. The summed E-state index contributed by atoms with van der Waals surface area (Å²) in [6, 6.07) is 0. The van der Waals surface area contributed by atoms with Crippen LogP contribution in [0, 0.1) is 11.8 Å². The van der Waals surface area contributed by atoms with Crippen molar-refractivity contribution in [3.05, 3.63) is 0 Å². The fourth-order valence-corrected chi connectivity index (χ4v) is 2.30. The molecule has 0 aliphatic carbocycles. The van der Waals surface area contributed by atoms with Crippen molar-refractivity contribution in [1.82, 2.24) is 0 Å². The summed E-state index contributed by atoms with van der Waals surface area (Å²) < 4.78 is 10.6. The molecule has 2 nitrogen and oxygen atoms in total. The molecule has 0 rings (SSSR count). The fraction of sp³-hybridized carbons (Fsp3) is 1.00. The van der Waals surface area contributed by atoms with Crippen molar-refractivity contribution in [2.45, 2.75) is 52.4 Å². The van der Waals surface area contributed by atoms with Crippen LogP contribution in [0.25, 0.3) is 0 Å². The van der Waals surface area contributed by atoms with E-state index in [1.165, 1.54) is 38.5 Å². The third-order valence-electron chi connectivity index (χ3n) is 3.38. The Morgan fingerprint density at radius 2 is 1.44 bits per heavy atom. The molecule has 0 aliphatic heterocycles. The maximum atomic E-state index is 5.33. The largest absolute Gasteiger partial charge is 0.384 e. The average molecular weight is 230 g/mol. The van der Waals surface area contributed by atoms with Crippen molar-refractivity contribution in [3.63, 3.8) is 0 Å². The minimum atomic E-state index is 0.659. The smallest absolute Gasteiger partial charge is 0.0493 e. The zero-order valence-electron chi connectivity index (χ0n) is 11.6. The normalized spacial score (nSPS) is 15.0. The first-order chi connectivity index (χ1) is 7.79. The fourth-order valence-electron chi connectivity index (χ4n) is 2.30. The lowest BCUT2D eigenvalue weighted by molar-refractivity contribution is 0.0627. The highest BCUT2D eigenvalue weighted by atomic mass is 16.5. The molecule has 0 fully saturated rings. The molecule has 0 heterocycles. The Morgan fingerprint density at radius 3 is 1.94 bits per heavy atom. The van der Waals surface area contributed by atoms with Crippen LogP contribution in [-0.2, 0) is 9.47 Å². The lowest BCUT2D eigenvalue weighted by atomic mass is 9.87. The second-order valence-corrected chi connectivity index (χ2v) is 4.69. The van der Waals surface area contributed by atoms with Gasteiger partial charge in [-0.15, -0.1) is 0 Å². The molecule has 0 aliphatic rings. The zero-order valence-corrected chi connectivity index (χ0v) is 11.6. The van der Waals surface area contributed by atoms with Crippen LogP contribution < -0.4 is 0 Å². The summed E-state index contributed by atoms with van der Waals surface area (Å²) in [5.74, 6) is 1.33. The Hall–Kier alpha value is -0.0800. The van der Waals surface area contributed by atoms with E-state index in [-0.39, 0.29) is 0 Å². The molecule has 0 aromatic rings. The minimum Gasteiger partial charge on any atom is -0.384 e. The van der Waals surface area contributed by atoms with Crippen LogP contribution in [0.15, 0.2) is 0 Å². The van der Waals surface area contributed by atoms with Gasteiger partial charge >= 0.3 is 0 Å². The molecule has 0 aromatic carbocycles. The van der Waals surface area contributed by atoms with Crippen molar-refractivity contribution >= 4 is 0 Å². The molecule has 2 atom stereocenters. The van der Waals surface area contributed by atoms with Crippen LogP contribution in [0.3, 0.4) is 0 Å². The van der Waals surface area contributed by atoms with Gasteiger partial charge in [-0.1, -0.05) is 46.0 Å². The van der Waals surface area contributed by atoms with E-state index in [0.717, 1.165) is 13.2 Å². The van der Waals surface area contributed by atoms with Gasteiger partial charge in [-0.3, -0.25) is 0 Å². The van der Waals surface area contributed by atoms with Gasteiger partial charge in [-0.2, -0.15) is 0 Å². The molecule has 2 heteroatoms. The van der Waals surface area contributed by atoms with Crippen LogP contribution in [0.1, 0.15) is 52.4 Å². The zero-order chi connectivity index (χ0) is 12.2. The molecule has 16 heavy (non-hydrogen) atoms. The van der Waals surface area contributed by atoms with E-state index in [2.05, 4.69) is 13.8 Å². The average Bonchev–Trinajstić information content (AvgIpc) is 2.30. The topological polar surface area (TPSA) is 18.5 Å².